The lowest BCUT2D eigenvalue weighted by Crippen LogP contribution is -2.32. The van der Waals surface area contributed by atoms with Crippen LogP contribution < -0.4 is 9.47 Å². The van der Waals surface area contributed by atoms with Gasteiger partial charge in [-0.15, -0.1) is 0 Å². The molecule has 0 saturated carbocycles. The number of carbonyl (C=O) groups is 1. The lowest BCUT2D eigenvalue weighted by atomic mass is 9.94. The molecule has 0 radical (unpaired) electrons. The van der Waals surface area contributed by atoms with E-state index in [1.807, 2.05) is 6.92 Å². The SMILES string of the molecule is CCCCOc1cc(-c2ccc(C(F)(F)F)cc2CN2C(=O)O[C@H](c3cc(C(F)(F)F)cc(C(F)(F)F)c3)[C@@H]2C)c(OC)cc1F. The fourth-order valence-electron chi connectivity index (χ4n) is 5.00. The zero-order valence-corrected chi connectivity index (χ0v) is 24.5. The van der Waals surface area contributed by atoms with E-state index in [-0.39, 0.29) is 40.9 Å². The van der Waals surface area contributed by atoms with Gasteiger partial charge >= 0.3 is 24.6 Å². The molecule has 0 N–H and O–H groups in total. The molecule has 2 atom stereocenters. The topological polar surface area (TPSA) is 48.0 Å². The summed E-state index contributed by atoms with van der Waals surface area (Å²) < 4.78 is 153. The Balaban J connectivity index is 1.79. The molecule has 1 fully saturated rings. The minimum absolute atomic E-state index is 0.0621. The van der Waals surface area contributed by atoms with Gasteiger partial charge < -0.3 is 14.2 Å². The van der Waals surface area contributed by atoms with Crippen molar-refractivity contribution in [2.45, 2.75) is 63.9 Å². The van der Waals surface area contributed by atoms with Gasteiger partial charge in [0.15, 0.2) is 11.6 Å². The number of cyclic esters (lactones) is 1. The summed E-state index contributed by atoms with van der Waals surface area (Å²) >= 11 is 0. The van der Waals surface area contributed by atoms with Gasteiger partial charge in [-0.3, -0.25) is 4.90 Å². The molecule has 0 bridgehead atoms. The van der Waals surface area contributed by atoms with Gasteiger partial charge in [-0.1, -0.05) is 19.4 Å². The highest BCUT2D eigenvalue weighted by Crippen LogP contribution is 2.43. The second kappa shape index (κ2) is 12.9. The molecule has 4 rings (SSSR count). The minimum atomic E-state index is -5.16. The van der Waals surface area contributed by atoms with Crippen molar-refractivity contribution >= 4 is 6.09 Å². The number of hydrogen-bond acceptors (Lipinski definition) is 4. The molecule has 0 spiro atoms. The summed E-state index contributed by atoms with van der Waals surface area (Å²) in [5.41, 5.74) is -4.96. The summed E-state index contributed by atoms with van der Waals surface area (Å²) in [4.78, 5) is 13.9. The molecule has 1 heterocycles. The fraction of sp³-hybridized carbons (Fsp3) is 0.387. The molecule has 0 aromatic heterocycles. The third kappa shape index (κ3) is 7.44. The monoisotopic (exact) mass is 667 g/mol. The molecule has 46 heavy (non-hydrogen) atoms. The number of amides is 1. The third-order valence-electron chi connectivity index (χ3n) is 7.40. The Morgan fingerprint density at radius 3 is 1.96 bits per heavy atom. The van der Waals surface area contributed by atoms with E-state index in [9.17, 15) is 48.7 Å². The van der Waals surface area contributed by atoms with Gasteiger partial charge in [0.05, 0.1) is 43.0 Å². The van der Waals surface area contributed by atoms with Crippen LogP contribution in [0.5, 0.6) is 11.5 Å². The number of nitrogens with zero attached hydrogens (tertiary/aromatic N) is 1. The normalized spacial score (nSPS) is 17.3. The van der Waals surface area contributed by atoms with E-state index in [0.29, 0.717) is 18.6 Å². The number of hydrogen-bond donors (Lipinski definition) is 0. The van der Waals surface area contributed by atoms with E-state index in [1.54, 1.807) is 0 Å². The minimum Gasteiger partial charge on any atom is -0.496 e. The number of methoxy groups -OCH3 is 1. The summed E-state index contributed by atoms with van der Waals surface area (Å²) in [6, 6.07) is 4.31. The molecule has 1 aliphatic heterocycles. The van der Waals surface area contributed by atoms with E-state index < -0.39 is 71.4 Å². The van der Waals surface area contributed by atoms with Crippen molar-refractivity contribution in [1.29, 1.82) is 0 Å². The second-order valence-electron chi connectivity index (χ2n) is 10.6. The zero-order chi connectivity index (χ0) is 34.2. The maximum Gasteiger partial charge on any atom is 0.416 e. The highest BCUT2D eigenvalue weighted by atomic mass is 19.4. The van der Waals surface area contributed by atoms with Crippen molar-refractivity contribution in [1.82, 2.24) is 4.90 Å². The molecule has 15 heteroatoms. The number of halogens is 10. The van der Waals surface area contributed by atoms with Crippen LogP contribution in [0.15, 0.2) is 48.5 Å². The first-order valence-corrected chi connectivity index (χ1v) is 13.8. The number of ether oxygens (including phenoxy) is 3. The predicted molar refractivity (Wildman–Crippen MR) is 144 cm³/mol. The van der Waals surface area contributed by atoms with Crippen LogP contribution in [-0.4, -0.2) is 30.8 Å². The van der Waals surface area contributed by atoms with Crippen molar-refractivity contribution in [3.05, 3.63) is 82.2 Å². The van der Waals surface area contributed by atoms with Crippen LogP contribution in [0.3, 0.4) is 0 Å². The number of alkyl halides is 9. The molecule has 3 aromatic rings. The van der Waals surface area contributed by atoms with E-state index >= 15 is 0 Å². The van der Waals surface area contributed by atoms with Gasteiger partial charge in [0.2, 0.25) is 0 Å². The van der Waals surface area contributed by atoms with Crippen LogP contribution in [0, 0.1) is 5.82 Å². The Labute approximate surface area is 256 Å². The first-order valence-electron chi connectivity index (χ1n) is 13.8. The molecule has 1 amide bonds. The summed E-state index contributed by atoms with van der Waals surface area (Å²) in [5, 5.41) is 0. The van der Waals surface area contributed by atoms with Crippen LogP contribution in [-0.2, 0) is 29.8 Å². The third-order valence-corrected chi connectivity index (χ3v) is 7.40. The summed E-state index contributed by atoms with van der Waals surface area (Å²) in [6.45, 7) is 2.68. The molecule has 1 saturated heterocycles. The second-order valence-corrected chi connectivity index (χ2v) is 10.6. The molecule has 5 nitrogen and oxygen atoms in total. The van der Waals surface area contributed by atoms with Crippen molar-refractivity contribution < 1.29 is 62.9 Å². The molecule has 1 aliphatic rings. The van der Waals surface area contributed by atoms with Gasteiger partial charge in [-0.25, -0.2) is 9.18 Å². The molecular weight excluding hydrogens is 640 g/mol. The highest BCUT2D eigenvalue weighted by molar-refractivity contribution is 5.77. The van der Waals surface area contributed by atoms with Crippen molar-refractivity contribution in [2.75, 3.05) is 13.7 Å². The lowest BCUT2D eigenvalue weighted by molar-refractivity contribution is -0.143. The van der Waals surface area contributed by atoms with E-state index in [0.717, 1.165) is 35.6 Å². The standard InChI is InChI=1S/C31H27F10NO4/c1-4-5-8-45-26-13-23(25(44-3)14-24(26)32)22-7-6-19(29(33,34)35)11-18(22)15-42-16(2)27(46-28(42)43)17-9-20(30(36,37)38)12-21(10-17)31(39,40)41/h6-7,9-14,16,27H,4-5,8,15H2,1-3H3/t16-,27-/m0/s1. The van der Waals surface area contributed by atoms with Gasteiger partial charge in [-0.2, -0.15) is 39.5 Å². The average Bonchev–Trinajstić information content (AvgIpc) is 3.24. The van der Waals surface area contributed by atoms with E-state index in [4.69, 9.17) is 14.2 Å². The first kappa shape index (κ1) is 34.7. The van der Waals surface area contributed by atoms with Crippen molar-refractivity contribution in [2.24, 2.45) is 0 Å². The van der Waals surface area contributed by atoms with Gasteiger partial charge in [0, 0.05) is 11.6 Å². The summed E-state index contributed by atoms with van der Waals surface area (Å²) in [6.07, 6.45) is -16.7. The van der Waals surface area contributed by atoms with Crippen LogP contribution in [0.2, 0.25) is 0 Å². The number of benzene rings is 3. The van der Waals surface area contributed by atoms with Gasteiger partial charge in [0.25, 0.3) is 0 Å². The largest absolute Gasteiger partial charge is 0.496 e. The summed E-state index contributed by atoms with van der Waals surface area (Å²) in [7, 11) is 1.20. The Morgan fingerprint density at radius 1 is 0.804 bits per heavy atom. The van der Waals surface area contributed by atoms with Gasteiger partial charge in [-0.05, 0) is 66.4 Å². The van der Waals surface area contributed by atoms with Crippen LogP contribution in [0.4, 0.5) is 48.7 Å². The quantitative estimate of drug-likeness (QED) is 0.168. The number of rotatable bonds is 9. The highest BCUT2D eigenvalue weighted by Gasteiger charge is 2.44. The van der Waals surface area contributed by atoms with Gasteiger partial charge in [0.1, 0.15) is 11.9 Å². The molecule has 3 aromatic carbocycles. The molecule has 0 unspecified atom stereocenters. The van der Waals surface area contributed by atoms with E-state index in [2.05, 4.69) is 0 Å². The van der Waals surface area contributed by atoms with E-state index in [1.165, 1.54) is 20.1 Å². The zero-order valence-electron chi connectivity index (χ0n) is 24.5. The van der Waals surface area contributed by atoms with Crippen molar-refractivity contribution in [3.63, 3.8) is 0 Å². The smallest absolute Gasteiger partial charge is 0.416 e. The molecule has 0 aliphatic carbocycles. The maximum atomic E-state index is 14.8. The first-order chi connectivity index (χ1) is 21.3. The Hall–Kier alpha value is -4.17. The molecule has 250 valence electrons. The Morgan fingerprint density at radius 2 is 1.41 bits per heavy atom. The Bertz CT molecular complexity index is 1550. The maximum absolute atomic E-state index is 14.8. The fourth-order valence-corrected chi connectivity index (χ4v) is 5.00. The van der Waals surface area contributed by atoms with Crippen LogP contribution >= 0.6 is 0 Å². The molecular formula is C31H27F10NO4. The number of carbonyl (C=O) groups excluding carboxylic acids is 1. The van der Waals surface area contributed by atoms with Crippen molar-refractivity contribution in [3.8, 4) is 22.6 Å². The number of unbranched alkanes of at least 4 members (excludes halogenated alkanes) is 1. The predicted octanol–water partition coefficient (Wildman–Crippen LogP) is 9.82. The Kier molecular flexibility index (Phi) is 9.74. The average molecular weight is 668 g/mol. The van der Waals surface area contributed by atoms with Crippen LogP contribution in [0.25, 0.3) is 11.1 Å². The van der Waals surface area contributed by atoms with Crippen LogP contribution in [0.1, 0.15) is 60.6 Å². The lowest BCUT2D eigenvalue weighted by Gasteiger charge is -2.24. The summed E-state index contributed by atoms with van der Waals surface area (Å²) in [5.74, 6) is -1.10.